The van der Waals surface area contributed by atoms with Crippen LogP contribution in [0.2, 0.25) is 0 Å². The van der Waals surface area contributed by atoms with Crippen molar-refractivity contribution in [1.82, 2.24) is 0 Å². The first-order valence-electron chi connectivity index (χ1n) is 3.41. The zero-order valence-electron chi connectivity index (χ0n) is 7.67. The van der Waals surface area contributed by atoms with E-state index >= 15 is 0 Å². The quantitative estimate of drug-likeness (QED) is 0.586. The monoisotopic (exact) mass is 389 g/mol. The van der Waals surface area contributed by atoms with E-state index in [9.17, 15) is 0 Å². The van der Waals surface area contributed by atoms with Crippen molar-refractivity contribution >= 4 is 18.4 Å². The molecule has 0 aliphatic heterocycles. The molecule has 0 saturated carbocycles. The number of hydrogen-bond donors (Lipinski definition) is 3. The summed E-state index contributed by atoms with van der Waals surface area (Å²) in [6.45, 7) is 5.79. The molecule has 0 spiro atoms. The molecule has 0 unspecified atom stereocenters. The van der Waals surface area contributed by atoms with Crippen molar-refractivity contribution in [3.8, 4) is 0 Å². The molecule has 12 heavy (non-hydrogen) atoms. The van der Waals surface area contributed by atoms with Gasteiger partial charge in [-0.25, -0.2) is 0 Å². The molecule has 0 aromatic rings. The van der Waals surface area contributed by atoms with Crippen LogP contribution in [0.25, 0.3) is 0 Å². The summed E-state index contributed by atoms with van der Waals surface area (Å²) in [7, 11) is 9.89. The van der Waals surface area contributed by atoms with Crippen LogP contribution in [0.1, 0.15) is 20.8 Å². The summed E-state index contributed by atoms with van der Waals surface area (Å²) in [6, 6.07) is 0. The molecule has 0 radical (unpaired) electrons. The van der Waals surface area contributed by atoms with E-state index in [1.807, 2.05) is 0 Å². The van der Waals surface area contributed by atoms with E-state index in [0.717, 1.165) is 0 Å². The van der Waals surface area contributed by atoms with Crippen molar-refractivity contribution in [3.63, 3.8) is 0 Å². The summed E-state index contributed by atoms with van der Waals surface area (Å²) in [5.74, 6) is 0. The molecule has 0 aromatic heterocycles. The summed E-state index contributed by atoms with van der Waals surface area (Å²) in [4.78, 5) is 0. The third-order valence-electron chi connectivity index (χ3n) is 0. The molecule has 3 N–H and O–H groups in total. The van der Waals surface area contributed by atoms with Crippen molar-refractivity contribution in [2.45, 2.75) is 20.8 Å². The first-order chi connectivity index (χ1) is 5.66. The van der Waals surface area contributed by atoms with Gasteiger partial charge >= 0.3 is 36.0 Å². The molecule has 0 aromatic carbocycles. The average molecular weight is 390 g/mol. The van der Waals surface area contributed by atoms with E-state index in [1.165, 1.54) is 0 Å². The second-order valence-corrected chi connectivity index (χ2v) is 5.66. The maximum atomic E-state index is 7.57. The molecular weight excluding hydrogens is 372 g/mol. The van der Waals surface area contributed by atoms with E-state index in [-0.39, 0.29) is 19.8 Å². The Balaban J connectivity index is -0.0000000356. The Morgan fingerprint density at radius 2 is 0.833 bits per heavy atom. The molecule has 0 amide bonds. The Morgan fingerprint density at radius 3 is 0.833 bits per heavy atom. The second-order valence-electron chi connectivity index (χ2n) is 1.01. The zero-order valence-corrected chi connectivity index (χ0v) is 12.4. The van der Waals surface area contributed by atoms with E-state index in [0.29, 0.717) is 0 Å². The number of aliphatic hydroxyl groups excluding tert-OH is 3. The van der Waals surface area contributed by atoms with Gasteiger partial charge in [0.2, 0.25) is 0 Å². The molecule has 3 nitrogen and oxygen atoms in total. The van der Waals surface area contributed by atoms with Gasteiger partial charge in [-0.05, 0) is 20.8 Å². The molecule has 6 heteroatoms. The second kappa shape index (κ2) is 56.6. The Bertz CT molecular complexity index is 28.8. The van der Waals surface area contributed by atoms with Crippen LogP contribution < -0.4 is 0 Å². The molecule has 79 valence electrons. The minimum atomic E-state index is -0.889. The van der Waals surface area contributed by atoms with Crippen LogP contribution in [0.4, 0.5) is 0 Å². The van der Waals surface area contributed by atoms with Crippen molar-refractivity contribution in [2.24, 2.45) is 0 Å². The SMILES string of the molecule is CCO.CCO.CCO.[Cl][Ta][Cl]. The molecule has 0 rings (SSSR count). The molecular formula is C6H18Cl2O3Ta. The standard InChI is InChI=1S/3C2H6O.2ClH.Ta/c3*1-2-3;;;/h3*3H,2H2,1H3;2*1H;/q;;;;;+2/p-2. The third kappa shape index (κ3) is 809. The minimum absolute atomic E-state index is 0.250. The average Bonchev–Trinajstić information content (AvgIpc) is 1.92. The fraction of sp³-hybridized carbons (Fsp3) is 1.00. The third-order valence-corrected chi connectivity index (χ3v) is 0. The van der Waals surface area contributed by atoms with Crippen molar-refractivity contribution in [3.05, 3.63) is 0 Å². The summed E-state index contributed by atoms with van der Waals surface area (Å²) in [6.07, 6.45) is 0. The first-order valence-corrected chi connectivity index (χ1v) is 11.4. The molecule has 0 atom stereocenters. The van der Waals surface area contributed by atoms with Crippen LogP contribution in [-0.2, 0) is 17.6 Å². The summed E-state index contributed by atoms with van der Waals surface area (Å²) in [5, 5.41) is 22.7. The Hall–Kier alpha value is 1.20. The van der Waals surface area contributed by atoms with Gasteiger partial charge in [0.15, 0.2) is 0 Å². The molecule has 0 aliphatic rings. The van der Waals surface area contributed by atoms with Crippen molar-refractivity contribution < 1.29 is 32.9 Å². The van der Waals surface area contributed by atoms with Gasteiger partial charge < -0.3 is 15.3 Å². The van der Waals surface area contributed by atoms with Gasteiger partial charge in [-0.2, -0.15) is 0 Å². The van der Waals surface area contributed by atoms with E-state index in [2.05, 4.69) is 0 Å². The number of halogens is 2. The summed E-state index contributed by atoms with van der Waals surface area (Å²) in [5.41, 5.74) is 0. The summed E-state index contributed by atoms with van der Waals surface area (Å²) < 4.78 is 0. The molecule has 0 heterocycles. The normalized spacial score (nSPS) is 5.67. The fourth-order valence-electron chi connectivity index (χ4n) is 0. The topological polar surface area (TPSA) is 60.7 Å². The van der Waals surface area contributed by atoms with Gasteiger partial charge in [-0.3, -0.25) is 0 Å². The molecule has 0 aliphatic carbocycles. The van der Waals surface area contributed by atoms with Gasteiger partial charge in [0.1, 0.15) is 0 Å². The van der Waals surface area contributed by atoms with Crippen LogP contribution >= 0.6 is 18.4 Å². The zero-order chi connectivity index (χ0) is 10.8. The van der Waals surface area contributed by atoms with E-state index in [4.69, 9.17) is 33.7 Å². The van der Waals surface area contributed by atoms with E-state index < -0.39 is 17.6 Å². The molecule has 0 bridgehead atoms. The van der Waals surface area contributed by atoms with Crippen LogP contribution in [-0.4, -0.2) is 35.1 Å². The van der Waals surface area contributed by atoms with Crippen LogP contribution in [0.3, 0.4) is 0 Å². The fourth-order valence-corrected chi connectivity index (χ4v) is 0. The Morgan fingerprint density at radius 1 is 0.833 bits per heavy atom. The van der Waals surface area contributed by atoms with Gasteiger partial charge in [-0.15, -0.1) is 0 Å². The van der Waals surface area contributed by atoms with Crippen molar-refractivity contribution in [1.29, 1.82) is 0 Å². The first kappa shape index (κ1) is 23.2. The van der Waals surface area contributed by atoms with Crippen LogP contribution in [0.5, 0.6) is 0 Å². The van der Waals surface area contributed by atoms with Crippen LogP contribution in [0, 0.1) is 0 Å². The number of hydrogen-bond acceptors (Lipinski definition) is 3. The van der Waals surface area contributed by atoms with Gasteiger partial charge in [-0.1, -0.05) is 0 Å². The molecule has 0 fully saturated rings. The summed E-state index contributed by atoms with van der Waals surface area (Å²) >= 11 is -0.889. The van der Waals surface area contributed by atoms with Crippen molar-refractivity contribution in [2.75, 3.05) is 19.8 Å². The van der Waals surface area contributed by atoms with Gasteiger partial charge in [0.25, 0.3) is 0 Å². The predicted molar refractivity (Wildman–Crippen MR) is 50.0 cm³/mol. The van der Waals surface area contributed by atoms with Crippen LogP contribution in [0.15, 0.2) is 0 Å². The molecule has 0 saturated heterocycles. The van der Waals surface area contributed by atoms with Gasteiger partial charge in [0.05, 0.1) is 0 Å². The predicted octanol–water partition coefficient (Wildman–Crippen LogP) is 1.37. The maximum absolute atomic E-state index is 7.57. The number of rotatable bonds is 0. The number of aliphatic hydroxyl groups is 3. The van der Waals surface area contributed by atoms with E-state index in [1.54, 1.807) is 20.8 Å². The Kier molecular flexibility index (Phi) is 109. The van der Waals surface area contributed by atoms with Gasteiger partial charge in [0, 0.05) is 19.8 Å². The Labute approximate surface area is 91.7 Å².